The minimum Gasteiger partial charge on any atom is -0.508 e. The van der Waals surface area contributed by atoms with Crippen molar-refractivity contribution in [3.63, 3.8) is 0 Å². The molecule has 4 nitrogen and oxygen atoms in total. The number of anilines is 1. The molecule has 3 aromatic rings. The number of hydrogen-bond acceptors (Lipinski definition) is 3. The van der Waals surface area contributed by atoms with Crippen molar-refractivity contribution in [2.45, 2.75) is 6.92 Å². The third kappa shape index (κ3) is 1.59. The van der Waals surface area contributed by atoms with Crippen LogP contribution in [0, 0.1) is 6.92 Å². The molecule has 0 radical (unpaired) electrons. The summed E-state index contributed by atoms with van der Waals surface area (Å²) in [6.45, 7) is 1.97. The van der Waals surface area contributed by atoms with Gasteiger partial charge in [-0.25, -0.2) is 4.68 Å². The Morgan fingerprint density at radius 2 is 1.83 bits per heavy atom. The topological polar surface area (TPSA) is 64.1 Å². The highest BCUT2D eigenvalue weighted by Gasteiger charge is 2.08. The number of aromatic hydroxyl groups is 1. The van der Waals surface area contributed by atoms with E-state index in [1.807, 2.05) is 41.9 Å². The maximum Gasteiger partial charge on any atom is 0.115 e. The number of nitrogens with zero attached hydrogens (tertiary/aromatic N) is 2. The second kappa shape index (κ2) is 3.77. The molecule has 0 saturated carbocycles. The van der Waals surface area contributed by atoms with Gasteiger partial charge in [0.1, 0.15) is 5.75 Å². The Bertz CT molecular complexity index is 714. The maximum atomic E-state index is 9.32. The first-order valence-electron chi connectivity index (χ1n) is 5.69. The van der Waals surface area contributed by atoms with Gasteiger partial charge in [-0.2, -0.15) is 5.10 Å². The summed E-state index contributed by atoms with van der Waals surface area (Å²) in [4.78, 5) is 0. The van der Waals surface area contributed by atoms with E-state index >= 15 is 0 Å². The second-order valence-corrected chi connectivity index (χ2v) is 4.29. The minimum absolute atomic E-state index is 0.242. The average molecular weight is 239 g/mol. The van der Waals surface area contributed by atoms with Crippen LogP contribution in [-0.4, -0.2) is 14.9 Å². The highest BCUT2D eigenvalue weighted by Crippen LogP contribution is 2.24. The molecular formula is C14H13N3O. The smallest absolute Gasteiger partial charge is 0.115 e. The molecule has 0 spiro atoms. The monoisotopic (exact) mass is 239 g/mol. The molecule has 0 amide bonds. The number of rotatable bonds is 1. The zero-order chi connectivity index (χ0) is 12.7. The SMILES string of the molecule is Cc1nn(-c2ccc(O)cc2)c2cc(N)ccc12. The zero-order valence-electron chi connectivity index (χ0n) is 9.96. The van der Waals surface area contributed by atoms with Gasteiger partial charge in [-0.15, -0.1) is 0 Å². The molecule has 0 fully saturated rings. The Labute approximate surface area is 104 Å². The summed E-state index contributed by atoms with van der Waals surface area (Å²) >= 11 is 0. The Morgan fingerprint density at radius 1 is 1.11 bits per heavy atom. The Morgan fingerprint density at radius 3 is 2.56 bits per heavy atom. The second-order valence-electron chi connectivity index (χ2n) is 4.29. The number of nitrogens with two attached hydrogens (primary N) is 1. The molecule has 2 aromatic carbocycles. The van der Waals surface area contributed by atoms with E-state index in [0.29, 0.717) is 5.69 Å². The quantitative estimate of drug-likeness (QED) is 0.641. The molecule has 3 N–H and O–H groups in total. The summed E-state index contributed by atoms with van der Waals surface area (Å²) in [6.07, 6.45) is 0. The van der Waals surface area contributed by atoms with Gasteiger partial charge in [0.05, 0.1) is 16.9 Å². The van der Waals surface area contributed by atoms with Crippen LogP contribution in [0.5, 0.6) is 5.75 Å². The molecule has 4 heteroatoms. The van der Waals surface area contributed by atoms with E-state index < -0.39 is 0 Å². The summed E-state index contributed by atoms with van der Waals surface area (Å²) in [6, 6.07) is 12.7. The van der Waals surface area contributed by atoms with E-state index in [9.17, 15) is 5.11 Å². The largest absolute Gasteiger partial charge is 0.508 e. The summed E-state index contributed by atoms with van der Waals surface area (Å²) in [5.41, 5.74) is 9.36. The number of aromatic nitrogens is 2. The fourth-order valence-electron chi connectivity index (χ4n) is 2.08. The van der Waals surface area contributed by atoms with Crippen LogP contribution in [0.3, 0.4) is 0 Å². The van der Waals surface area contributed by atoms with Crippen molar-refractivity contribution >= 4 is 16.6 Å². The van der Waals surface area contributed by atoms with Crippen molar-refractivity contribution in [1.82, 2.24) is 9.78 Å². The predicted molar refractivity (Wildman–Crippen MR) is 71.9 cm³/mol. The molecule has 3 rings (SSSR count). The Balaban J connectivity index is 2.28. The van der Waals surface area contributed by atoms with E-state index in [0.717, 1.165) is 22.3 Å². The van der Waals surface area contributed by atoms with Crippen molar-refractivity contribution in [2.75, 3.05) is 5.73 Å². The van der Waals surface area contributed by atoms with Gasteiger partial charge in [-0.1, -0.05) is 0 Å². The van der Waals surface area contributed by atoms with E-state index in [2.05, 4.69) is 5.10 Å². The fourth-order valence-corrected chi connectivity index (χ4v) is 2.08. The first-order valence-corrected chi connectivity index (χ1v) is 5.69. The molecule has 0 unspecified atom stereocenters. The van der Waals surface area contributed by atoms with Crippen molar-refractivity contribution in [3.8, 4) is 11.4 Å². The van der Waals surface area contributed by atoms with E-state index in [1.165, 1.54) is 0 Å². The average Bonchev–Trinajstić information content (AvgIpc) is 2.67. The van der Waals surface area contributed by atoms with E-state index in [4.69, 9.17) is 5.73 Å². The van der Waals surface area contributed by atoms with Gasteiger partial charge in [-0.05, 0) is 49.4 Å². The minimum atomic E-state index is 0.242. The molecule has 0 saturated heterocycles. The van der Waals surface area contributed by atoms with Crippen molar-refractivity contribution < 1.29 is 5.11 Å². The molecule has 0 bridgehead atoms. The highest BCUT2D eigenvalue weighted by molar-refractivity contribution is 5.86. The number of nitrogen functional groups attached to an aromatic ring is 1. The standard InChI is InChI=1S/C14H13N3O/c1-9-13-7-2-10(15)8-14(13)17(16-9)11-3-5-12(18)6-4-11/h2-8,18H,15H2,1H3. The van der Waals surface area contributed by atoms with Crippen LogP contribution in [0.4, 0.5) is 5.69 Å². The normalized spacial score (nSPS) is 10.9. The van der Waals surface area contributed by atoms with Crippen LogP contribution in [-0.2, 0) is 0 Å². The molecule has 0 atom stereocenters. The van der Waals surface area contributed by atoms with Crippen LogP contribution in [0.25, 0.3) is 16.6 Å². The number of phenols is 1. The van der Waals surface area contributed by atoms with Gasteiger partial charge in [0.2, 0.25) is 0 Å². The molecule has 1 aromatic heterocycles. The Kier molecular flexibility index (Phi) is 2.23. The summed E-state index contributed by atoms with van der Waals surface area (Å²) in [5, 5.41) is 14.9. The van der Waals surface area contributed by atoms with Crippen LogP contribution in [0.1, 0.15) is 5.69 Å². The molecular weight excluding hydrogens is 226 g/mol. The third-order valence-corrected chi connectivity index (χ3v) is 2.98. The molecule has 0 aliphatic rings. The van der Waals surface area contributed by atoms with Crippen LogP contribution in [0.2, 0.25) is 0 Å². The molecule has 18 heavy (non-hydrogen) atoms. The zero-order valence-corrected chi connectivity index (χ0v) is 9.96. The first kappa shape index (κ1) is 10.7. The number of aryl methyl sites for hydroxylation is 1. The molecule has 90 valence electrons. The van der Waals surface area contributed by atoms with Crippen LogP contribution >= 0.6 is 0 Å². The molecule has 0 aliphatic heterocycles. The summed E-state index contributed by atoms with van der Waals surface area (Å²) < 4.78 is 1.83. The van der Waals surface area contributed by atoms with Gasteiger partial charge < -0.3 is 10.8 Å². The van der Waals surface area contributed by atoms with E-state index in [1.54, 1.807) is 12.1 Å². The van der Waals surface area contributed by atoms with Gasteiger partial charge >= 0.3 is 0 Å². The number of phenolic OH excluding ortho intramolecular Hbond substituents is 1. The van der Waals surface area contributed by atoms with E-state index in [-0.39, 0.29) is 5.75 Å². The van der Waals surface area contributed by atoms with Crippen molar-refractivity contribution in [3.05, 3.63) is 48.2 Å². The number of benzene rings is 2. The fraction of sp³-hybridized carbons (Fsp3) is 0.0714. The van der Waals surface area contributed by atoms with Crippen molar-refractivity contribution in [1.29, 1.82) is 0 Å². The lowest BCUT2D eigenvalue weighted by atomic mass is 10.2. The highest BCUT2D eigenvalue weighted by atomic mass is 16.3. The van der Waals surface area contributed by atoms with Crippen LogP contribution in [0.15, 0.2) is 42.5 Å². The molecule has 0 aliphatic carbocycles. The van der Waals surface area contributed by atoms with Gasteiger partial charge in [0, 0.05) is 11.1 Å². The lowest BCUT2D eigenvalue weighted by Gasteiger charge is -2.04. The Hall–Kier alpha value is -2.49. The lowest BCUT2D eigenvalue weighted by Crippen LogP contribution is -1.96. The van der Waals surface area contributed by atoms with Crippen LogP contribution < -0.4 is 5.73 Å². The summed E-state index contributed by atoms with van der Waals surface area (Å²) in [7, 11) is 0. The van der Waals surface area contributed by atoms with Gasteiger partial charge in [-0.3, -0.25) is 0 Å². The third-order valence-electron chi connectivity index (χ3n) is 2.98. The van der Waals surface area contributed by atoms with Gasteiger partial charge in [0.15, 0.2) is 0 Å². The lowest BCUT2D eigenvalue weighted by molar-refractivity contribution is 0.475. The maximum absolute atomic E-state index is 9.32. The number of hydrogen-bond donors (Lipinski definition) is 2. The summed E-state index contributed by atoms with van der Waals surface area (Å²) in [5.74, 6) is 0.242. The predicted octanol–water partition coefficient (Wildman–Crippen LogP) is 2.62. The first-order chi connectivity index (χ1) is 8.65. The number of fused-ring (bicyclic) bond motifs is 1. The van der Waals surface area contributed by atoms with Gasteiger partial charge in [0.25, 0.3) is 0 Å². The van der Waals surface area contributed by atoms with Crippen molar-refractivity contribution in [2.24, 2.45) is 0 Å². The molecule has 1 heterocycles.